The smallest absolute Gasteiger partial charge is 0.195 e. The minimum atomic E-state index is -3.38. The van der Waals surface area contributed by atoms with Gasteiger partial charge < -0.3 is 0 Å². The van der Waals surface area contributed by atoms with Crippen LogP contribution in [0.2, 0.25) is 0 Å². The Balaban J connectivity index is 2.75. The molecular formula is C11H22Br2N2O2S. The van der Waals surface area contributed by atoms with Crippen molar-refractivity contribution >= 4 is 42.1 Å². The summed E-state index contributed by atoms with van der Waals surface area (Å²) in [5.41, 5.74) is -0.443. The van der Waals surface area contributed by atoms with E-state index in [0.29, 0.717) is 29.7 Å². The maximum Gasteiger partial charge on any atom is 0.280 e. The lowest BCUT2D eigenvalue weighted by Crippen LogP contribution is -2.56. The SMILES string of the molecule is CCC(CBr)(CBr)NS(=O)(=O)N1CCC(C)CC1. The zero-order valence-electron chi connectivity index (χ0n) is 11.0. The molecule has 7 heteroatoms. The summed E-state index contributed by atoms with van der Waals surface area (Å²) < 4.78 is 29.1. The van der Waals surface area contributed by atoms with E-state index in [1.165, 1.54) is 0 Å². The fourth-order valence-electron chi connectivity index (χ4n) is 1.91. The van der Waals surface area contributed by atoms with Gasteiger partial charge in [0.15, 0.2) is 0 Å². The van der Waals surface area contributed by atoms with Crippen molar-refractivity contribution in [2.45, 2.75) is 38.6 Å². The van der Waals surface area contributed by atoms with Crippen molar-refractivity contribution in [1.82, 2.24) is 9.03 Å². The molecule has 0 unspecified atom stereocenters. The maximum atomic E-state index is 12.4. The van der Waals surface area contributed by atoms with Gasteiger partial charge in [-0.3, -0.25) is 0 Å². The van der Waals surface area contributed by atoms with Crippen LogP contribution in [0.1, 0.15) is 33.1 Å². The second-order valence-electron chi connectivity index (χ2n) is 5.09. The first-order valence-corrected chi connectivity index (χ1v) is 9.98. The van der Waals surface area contributed by atoms with Crippen LogP contribution in [0.4, 0.5) is 0 Å². The topological polar surface area (TPSA) is 49.4 Å². The number of nitrogens with one attached hydrogen (secondary N) is 1. The fraction of sp³-hybridized carbons (Fsp3) is 1.00. The highest BCUT2D eigenvalue weighted by molar-refractivity contribution is 9.09. The summed E-state index contributed by atoms with van der Waals surface area (Å²) in [5.74, 6) is 0.625. The highest BCUT2D eigenvalue weighted by Gasteiger charge is 2.35. The van der Waals surface area contributed by atoms with Crippen LogP contribution < -0.4 is 4.72 Å². The molecule has 1 heterocycles. The van der Waals surface area contributed by atoms with Crippen LogP contribution in [-0.2, 0) is 10.2 Å². The largest absolute Gasteiger partial charge is 0.280 e. The molecule has 0 aromatic heterocycles. The Hall–Kier alpha value is 0.830. The van der Waals surface area contributed by atoms with Crippen molar-refractivity contribution < 1.29 is 8.42 Å². The summed E-state index contributed by atoms with van der Waals surface area (Å²) in [7, 11) is -3.38. The van der Waals surface area contributed by atoms with Gasteiger partial charge in [-0.15, -0.1) is 0 Å². The van der Waals surface area contributed by atoms with E-state index in [9.17, 15) is 8.42 Å². The van der Waals surface area contributed by atoms with E-state index in [2.05, 4.69) is 43.5 Å². The summed E-state index contributed by atoms with van der Waals surface area (Å²) in [6.45, 7) is 5.41. The van der Waals surface area contributed by atoms with Gasteiger partial charge in [0.25, 0.3) is 10.2 Å². The summed E-state index contributed by atoms with van der Waals surface area (Å²) in [4.78, 5) is 0. The van der Waals surface area contributed by atoms with Gasteiger partial charge >= 0.3 is 0 Å². The Morgan fingerprint density at radius 2 is 1.78 bits per heavy atom. The van der Waals surface area contributed by atoms with Gasteiger partial charge in [-0.2, -0.15) is 17.4 Å². The predicted octanol–water partition coefficient (Wildman–Crippen LogP) is 2.49. The minimum absolute atomic E-state index is 0.443. The first-order chi connectivity index (χ1) is 8.39. The third kappa shape index (κ3) is 4.16. The highest BCUT2D eigenvalue weighted by Crippen LogP contribution is 2.22. The molecule has 18 heavy (non-hydrogen) atoms. The van der Waals surface area contributed by atoms with Gasteiger partial charge in [-0.25, -0.2) is 0 Å². The van der Waals surface area contributed by atoms with E-state index < -0.39 is 15.7 Å². The maximum absolute atomic E-state index is 12.4. The number of nitrogens with zero attached hydrogens (tertiary/aromatic N) is 1. The Morgan fingerprint density at radius 1 is 1.28 bits per heavy atom. The normalized spacial score (nSPS) is 20.2. The van der Waals surface area contributed by atoms with Crippen LogP contribution in [0.25, 0.3) is 0 Å². The lowest BCUT2D eigenvalue weighted by Gasteiger charge is -2.35. The van der Waals surface area contributed by atoms with Crippen molar-refractivity contribution in [3.63, 3.8) is 0 Å². The van der Waals surface area contributed by atoms with E-state index in [0.717, 1.165) is 19.3 Å². The zero-order valence-corrected chi connectivity index (χ0v) is 14.9. The summed E-state index contributed by atoms with van der Waals surface area (Å²) in [6, 6.07) is 0. The highest BCUT2D eigenvalue weighted by atomic mass is 79.9. The van der Waals surface area contributed by atoms with Crippen LogP contribution in [-0.4, -0.2) is 42.0 Å². The number of hydrogen-bond donors (Lipinski definition) is 1. The average molecular weight is 406 g/mol. The number of halogens is 2. The summed E-state index contributed by atoms with van der Waals surface area (Å²) >= 11 is 6.81. The van der Waals surface area contributed by atoms with Gasteiger partial charge in [0.2, 0.25) is 0 Å². The number of rotatable bonds is 6. The predicted molar refractivity (Wildman–Crippen MR) is 82.6 cm³/mol. The number of hydrogen-bond acceptors (Lipinski definition) is 2. The lowest BCUT2D eigenvalue weighted by atomic mass is 10.0. The van der Waals surface area contributed by atoms with Crippen molar-refractivity contribution in [3.05, 3.63) is 0 Å². The molecule has 0 saturated carbocycles. The molecule has 0 radical (unpaired) electrons. The first kappa shape index (κ1) is 16.9. The molecule has 4 nitrogen and oxygen atoms in total. The molecule has 1 rings (SSSR count). The van der Waals surface area contributed by atoms with Crippen molar-refractivity contribution in [3.8, 4) is 0 Å². The molecule has 0 aliphatic carbocycles. The molecule has 0 atom stereocenters. The molecular weight excluding hydrogens is 384 g/mol. The van der Waals surface area contributed by atoms with E-state index in [-0.39, 0.29) is 0 Å². The van der Waals surface area contributed by atoms with Crippen LogP contribution >= 0.6 is 31.9 Å². The molecule has 108 valence electrons. The molecule has 1 fully saturated rings. The molecule has 0 aromatic rings. The van der Waals surface area contributed by atoms with E-state index in [1.807, 2.05) is 6.92 Å². The summed E-state index contributed by atoms with van der Waals surface area (Å²) in [6.07, 6.45) is 2.64. The summed E-state index contributed by atoms with van der Waals surface area (Å²) in [5, 5.41) is 1.20. The molecule has 0 bridgehead atoms. The first-order valence-electron chi connectivity index (χ1n) is 6.30. The van der Waals surface area contributed by atoms with Crippen molar-refractivity contribution in [2.75, 3.05) is 23.7 Å². The lowest BCUT2D eigenvalue weighted by molar-refractivity contribution is 0.280. The minimum Gasteiger partial charge on any atom is -0.195 e. The monoisotopic (exact) mass is 404 g/mol. The van der Waals surface area contributed by atoms with Gasteiger partial charge in [0.1, 0.15) is 0 Å². The molecule has 0 spiro atoms. The Kier molecular flexibility index (Phi) is 6.58. The van der Waals surface area contributed by atoms with Crippen LogP contribution in [0, 0.1) is 5.92 Å². The third-order valence-corrected chi connectivity index (χ3v) is 7.50. The molecule has 1 aliphatic rings. The second-order valence-corrected chi connectivity index (χ2v) is 7.88. The van der Waals surface area contributed by atoms with E-state index in [1.54, 1.807) is 4.31 Å². The number of alkyl halides is 2. The fourth-order valence-corrected chi connectivity index (χ4v) is 5.94. The van der Waals surface area contributed by atoms with E-state index >= 15 is 0 Å². The number of piperidine rings is 1. The van der Waals surface area contributed by atoms with Crippen molar-refractivity contribution in [2.24, 2.45) is 5.92 Å². The third-order valence-electron chi connectivity index (χ3n) is 3.62. The Labute approximate surface area is 127 Å². The van der Waals surface area contributed by atoms with Crippen molar-refractivity contribution in [1.29, 1.82) is 0 Å². The Bertz CT molecular complexity index is 342. The van der Waals surface area contributed by atoms with Gasteiger partial charge in [-0.1, -0.05) is 45.7 Å². The molecule has 1 N–H and O–H groups in total. The van der Waals surface area contributed by atoms with Gasteiger partial charge in [0.05, 0.1) is 5.54 Å². The molecule has 1 aliphatic heterocycles. The molecule has 0 amide bonds. The van der Waals surface area contributed by atoms with Crippen LogP contribution in [0.15, 0.2) is 0 Å². The second kappa shape index (κ2) is 7.02. The zero-order chi connectivity index (χ0) is 13.8. The quantitative estimate of drug-likeness (QED) is 0.690. The van der Waals surface area contributed by atoms with Gasteiger partial charge in [0, 0.05) is 23.7 Å². The molecule has 1 saturated heterocycles. The van der Waals surface area contributed by atoms with Crippen LogP contribution in [0.3, 0.4) is 0 Å². The standard InChI is InChI=1S/C11H22Br2N2O2S/c1-3-11(8-12,9-13)14-18(16,17)15-6-4-10(2)5-7-15/h10,14H,3-9H2,1-2H3. The average Bonchev–Trinajstić information content (AvgIpc) is 2.37. The Morgan fingerprint density at radius 3 is 2.17 bits per heavy atom. The van der Waals surface area contributed by atoms with E-state index in [4.69, 9.17) is 0 Å². The van der Waals surface area contributed by atoms with Crippen LogP contribution in [0.5, 0.6) is 0 Å². The van der Waals surface area contributed by atoms with Gasteiger partial charge in [-0.05, 0) is 25.2 Å². The molecule has 0 aromatic carbocycles.